The van der Waals surface area contributed by atoms with Crippen LogP contribution < -0.4 is 0 Å². The monoisotopic (exact) mass is 198 g/mol. The van der Waals surface area contributed by atoms with Crippen molar-refractivity contribution in [2.75, 3.05) is 6.54 Å². The Kier molecular flexibility index (Phi) is 2.56. The molecule has 0 bridgehead atoms. The Morgan fingerprint density at radius 1 is 1.50 bits per heavy atom. The molecule has 0 atom stereocenters. The Hall–Kier alpha value is -1.06. The van der Waals surface area contributed by atoms with Gasteiger partial charge in [-0.1, -0.05) is 0 Å². The summed E-state index contributed by atoms with van der Waals surface area (Å²) in [7, 11) is 0. The minimum absolute atomic E-state index is 0.184. The summed E-state index contributed by atoms with van der Waals surface area (Å²) in [5, 5.41) is 0. The lowest BCUT2D eigenvalue weighted by Gasteiger charge is -2.24. The van der Waals surface area contributed by atoms with Gasteiger partial charge in [-0.15, -0.1) is 0 Å². The summed E-state index contributed by atoms with van der Waals surface area (Å²) in [5.74, 6) is 0. The Morgan fingerprint density at radius 2 is 2.07 bits per heavy atom. The SMILES string of the molecule is CC1(C)CN(C(=O)OC(C)(C)C)C=N1. The van der Waals surface area contributed by atoms with E-state index in [1.54, 1.807) is 6.34 Å². The molecular weight excluding hydrogens is 180 g/mol. The second-order valence-electron chi connectivity index (χ2n) is 5.17. The Bertz CT molecular complexity index is 264. The third-order valence-corrected chi connectivity index (χ3v) is 1.73. The van der Waals surface area contributed by atoms with Gasteiger partial charge in [0, 0.05) is 0 Å². The maximum Gasteiger partial charge on any atom is 0.415 e. The zero-order valence-electron chi connectivity index (χ0n) is 9.50. The first-order chi connectivity index (χ1) is 6.20. The average molecular weight is 198 g/mol. The molecule has 1 amide bonds. The van der Waals surface area contributed by atoms with E-state index in [1.807, 2.05) is 34.6 Å². The van der Waals surface area contributed by atoms with Gasteiger partial charge < -0.3 is 4.74 Å². The second kappa shape index (κ2) is 3.26. The molecule has 0 radical (unpaired) electrons. The predicted octanol–water partition coefficient (Wildman–Crippen LogP) is 2.04. The molecule has 0 unspecified atom stereocenters. The van der Waals surface area contributed by atoms with Gasteiger partial charge in [-0.3, -0.25) is 9.89 Å². The summed E-state index contributed by atoms with van der Waals surface area (Å²) in [6.07, 6.45) is 1.22. The van der Waals surface area contributed by atoms with Crippen LogP contribution >= 0.6 is 0 Å². The van der Waals surface area contributed by atoms with Crippen molar-refractivity contribution in [3.63, 3.8) is 0 Å². The van der Waals surface area contributed by atoms with E-state index in [2.05, 4.69) is 4.99 Å². The van der Waals surface area contributed by atoms with Gasteiger partial charge in [0.1, 0.15) is 5.60 Å². The predicted molar refractivity (Wildman–Crippen MR) is 55.5 cm³/mol. The fraction of sp³-hybridized carbons (Fsp3) is 0.800. The van der Waals surface area contributed by atoms with Crippen LogP contribution in [0.1, 0.15) is 34.6 Å². The minimum Gasteiger partial charge on any atom is -0.443 e. The molecule has 80 valence electrons. The lowest BCUT2D eigenvalue weighted by atomic mass is 10.1. The summed E-state index contributed by atoms with van der Waals surface area (Å²) >= 11 is 0. The molecule has 0 aromatic heterocycles. The lowest BCUT2D eigenvalue weighted by Crippen LogP contribution is -2.38. The van der Waals surface area contributed by atoms with Crippen molar-refractivity contribution in [3.8, 4) is 0 Å². The lowest BCUT2D eigenvalue weighted by molar-refractivity contribution is 0.0374. The van der Waals surface area contributed by atoms with Crippen molar-refractivity contribution in [3.05, 3.63) is 0 Å². The van der Waals surface area contributed by atoms with Crippen LogP contribution in [0.2, 0.25) is 0 Å². The van der Waals surface area contributed by atoms with Gasteiger partial charge in [-0.2, -0.15) is 0 Å². The molecule has 14 heavy (non-hydrogen) atoms. The fourth-order valence-electron chi connectivity index (χ4n) is 1.16. The topological polar surface area (TPSA) is 41.9 Å². The number of hydrogen-bond donors (Lipinski definition) is 0. The Labute approximate surface area is 84.9 Å². The number of ether oxygens (including phenoxy) is 1. The van der Waals surface area contributed by atoms with E-state index in [-0.39, 0.29) is 11.6 Å². The first-order valence-electron chi connectivity index (χ1n) is 4.75. The number of carbonyl (C=O) groups excluding carboxylic acids is 1. The minimum atomic E-state index is -0.447. The summed E-state index contributed by atoms with van der Waals surface area (Å²) in [5.41, 5.74) is -0.630. The number of hydrogen-bond acceptors (Lipinski definition) is 3. The third-order valence-electron chi connectivity index (χ3n) is 1.73. The van der Waals surface area contributed by atoms with Gasteiger partial charge in [-0.05, 0) is 34.6 Å². The Balaban J connectivity index is 2.54. The molecule has 0 saturated carbocycles. The molecular formula is C10H18N2O2. The van der Waals surface area contributed by atoms with Crippen LogP contribution in [0.5, 0.6) is 0 Å². The van der Waals surface area contributed by atoms with Crippen LogP contribution in [-0.2, 0) is 4.74 Å². The first kappa shape index (κ1) is 11.0. The van der Waals surface area contributed by atoms with Crippen molar-refractivity contribution < 1.29 is 9.53 Å². The second-order valence-corrected chi connectivity index (χ2v) is 5.17. The van der Waals surface area contributed by atoms with E-state index in [9.17, 15) is 4.79 Å². The summed E-state index contributed by atoms with van der Waals surface area (Å²) in [6.45, 7) is 10.1. The van der Waals surface area contributed by atoms with E-state index in [0.717, 1.165) is 0 Å². The zero-order valence-corrected chi connectivity index (χ0v) is 9.50. The van der Waals surface area contributed by atoms with Crippen molar-refractivity contribution in [1.29, 1.82) is 0 Å². The van der Waals surface area contributed by atoms with Gasteiger partial charge in [-0.25, -0.2) is 4.79 Å². The van der Waals surface area contributed by atoms with E-state index in [0.29, 0.717) is 6.54 Å². The molecule has 0 spiro atoms. The first-order valence-corrected chi connectivity index (χ1v) is 4.75. The van der Waals surface area contributed by atoms with Crippen LogP contribution in [-0.4, -0.2) is 35.0 Å². The van der Waals surface area contributed by atoms with Crippen LogP contribution in [0.15, 0.2) is 4.99 Å². The summed E-state index contributed by atoms with van der Waals surface area (Å²) in [4.78, 5) is 17.3. The van der Waals surface area contributed by atoms with Gasteiger partial charge in [0.2, 0.25) is 0 Å². The van der Waals surface area contributed by atoms with E-state index < -0.39 is 5.60 Å². The molecule has 0 aliphatic carbocycles. The molecule has 1 rings (SSSR count). The highest BCUT2D eigenvalue weighted by molar-refractivity contribution is 5.84. The molecule has 4 nitrogen and oxygen atoms in total. The molecule has 0 saturated heterocycles. The molecule has 0 aromatic carbocycles. The quantitative estimate of drug-likeness (QED) is 0.597. The van der Waals surface area contributed by atoms with Crippen LogP contribution in [0, 0.1) is 0 Å². The molecule has 1 aliphatic rings. The third kappa shape index (κ3) is 3.01. The summed E-state index contributed by atoms with van der Waals surface area (Å²) in [6, 6.07) is 0. The average Bonchev–Trinajstić information content (AvgIpc) is 2.26. The smallest absolute Gasteiger partial charge is 0.415 e. The van der Waals surface area contributed by atoms with Gasteiger partial charge in [0.15, 0.2) is 0 Å². The van der Waals surface area contributed by atoms with Crippen LogP contribution in [0.25, 0.3) is 0 Å². The normalized spacial score (nSPS) is 19.9. The fourth-order valence-corrected chi connectivity index (χ4v) is 1.16. The van der Waals surface area contributed by atoms with Gasteiger partial charge in [0.25, 0.3) is 0 Å². The number of amides is 1. The van der Waals surface area contributed by atoms with Crippen molar-refractivity contribution >= 4 is 12.4 Å². The van der Waals surface area contributed by atoms with E-state index in [4.69, 9.17) is 4.74 Å². The summed E-state index contributed by atoms with van der Waals surface area (Å²) < 4.78 is 5.21. The Morgan fingerprint density at radius 3 is 2.43 bits per heavy atom. The molecule has 0 fully saturated rings. The van der Waals surface area contributed by atoms with E-state index in [1.165, 1.54) is 4.90 Å². The maximum atomic E-state index is 11.6. The highest BCUT2D eigenvalue weighted by Crippen LogP contribution is 2.18. The van der Waals surface area contributed by atoms with Crippen molar-refractivity contribution in [2.24, 2.45) is 4.99 Å². The highest BCUT2D eigenvalue weighted by atomic mass is 16.6. The number of nitrogens with zero attached hydrogens (tertiary/aromatic N) is 2. The van der Waals surface area contributed by atoms with Gasteiger partial charge >= 0.3 is 6.09 Å². The molecule has 0 N–H and O–H groups in total. The van der Waals surface area contributed by atoms with Crippen LogP contribution in [0.3, 0.4) is 0 Å². The van der Waals surface area contributed by atoms with Gasteiger partial charge in [0.05, 0.1) is 18.4 Å². The molecule has 4 heteroatoms. The van der Waals surface area contributed by atoms with E-state index >= 15 is 0 Å². The number of aliphatic imine (C=N–C) groups is 1. The highest BCUT2D eigenvalue weighted by Gasteiger charge is 2.31. The van der Waals surface area contributed by atoms with Crippen molar-refractivity contribution in [1.82, 2.24) is 4.90 Å². The maximum absolute atomic E-state index is 11.6. The number of rotatable bonds is 0. The molecule has 1 aliphatic heterocycles. The van der Waals surface area contributed by atoms with Crippen LogP contribution in [0.4, 0.5) is 4.79 Å². The molecule has 0 aromatic rings. The molecule has 1 heterocycles. The zero-order chi connectivity index (χ0) is 11.0. The largest absolute Gasteiger partial charge is 0.443 e. The number of carbonyl (C=O) groups is 1. The standard InChI is InChI=1S/C10H18N2O2/c1-9(2,3)14-8(13)12-6-10(4,5)11-7-12/h7H,6H2,1-5H3. The van der Waals surface area contributed by atoms with Crippen molar-refractivity contribution in [2.45, 2.75) is 45.8 Å².